The topological polar surface area (TPSA) is 76.2 Å². The molecule has 0 aliphatic heterocycles. The lowest BCUT2D eigenvalue weighted by Crippen LogP contribution is -1.95. The summed E-state index contributed by atoms with van der Waals surface area (Å²) in [5.41, 5.74) is 1.88. The monoisotopic (exact) mass is 268 g/mol. The minimum atomic E-state index is -0.437. The standard InChI is InChI=1S/C15H12N2O3/c1-10-6-11(2)15(8-14(10)17(18)19)20-13-5-3-4-12(7-13)9-16/h3-8H,1-2H3. The normalized spacial score (nSPS) is 9.85. The fourth-order valence-corrected chi connectivity index (χ4v) is 1.88. The molecule has 0 atom stereocenters. The second kappa shape index (κ2) is 5.41. The van der Waals surface area contributed by atoms with Crippen molar-refractivity contribution in [2.75, 3.05) is 0 Å². The molecule has 0 aromatic heterocycles. The summed E-state index contributed by atoms with van der Waals surface area (Å²) >= 11 is 0. The Morgan fingerprint density at radius 1 is 1.20 bits per heavy atom. The molecule has 5 heteroatoms. The molecule has 0 radical (unpaired) electrons. The highest BCUT2D eigenvalue weighted by Gasteiger charge is 2.15. The minimum absolute atomic E-state index is 0.0158. The van der Waals surface area contributed by atoms with Crippen molar-refractivity contribution in [3.63, 3.8) is 0 Å². The number of hydrogen-bond donors (Lipinski definition) is 0. The van der Waals surface area contributed by atoms with E-state index in [1.165, 1.54) is 6.07 Å². The molecule has 20 heavy (non-hydrogen) atoms. The molecule has 0 unspecified atom stereocenters. The number of ether oxygens (including phenoxy) is 1. The Balaban J connectivity index is 2.40. The summed E-state index contributed by atoms with van der Waals surface area (Å²) < 4.78 is 5.64. The van der Waals surface area contributed by atoms with Crippen LogP contribution < -0.4 is 4.74 Å². The van der Waals surface area contributed by atoms with Crippen LogP contribution in [0.3, 0.4) is 0 Å². The van der Waals surface area contributed by atoms with Gasteiger partial charge in [-0.2, -0.15) is 5.26 Å². The predicted octanol–water partition coefficient (Wildman–Crippen LogP) is 3.88. The van der Waals surface area contributed by atoms with Crippen molar-refractivity contribution in [1.82, 2.24) is 0 Å². The summed E-state index contributed by atoms with van der Waals surface area (Å²) in [7, 11) is 0. The first-order valence-corrected chi connectivity index (χ1v) is 5.95. The first kappa shape index (κ1) is 13.6. The first-order valence-electron chi connectivity index (χ1n) is 5.95. The molecule has 0 N–H and O–H groups in total. The van der Waals surface area contributed by atoms with Gasteiger partial charge >= 0.3 is 0 Å². The second-order valence-corrected chi connectivity index (χ2v) is 4.40. The van der Waals surface area contributed by atoms with Gasteiger partial charge in [-0.3, -0.25) is 10.1 Å². The Morgan fingerprint density at radius 2 is 1.95 bits per heavy atom. The Hall–Kier alpha value is -2.87. The maximum absolute atomic E-state index is 10.9. The number of nitrogens with zero attached hydrogens (tertiary/aromatic N) is 2. The molecular weight excluding hydrogens is 256 g/mol. The smallest absolute Gasteiger partial charge is 0.276 e. The summed E-state index contributed by atoms with van der Waals surface area (Å²) in [5, 5.41) is 19.8. The molecule has 0 aliphatic rings. The van der Waals surface area contributed by atoms with E-state index in [-0.39, 0.29) is 5.69 Å². The maximum atomic E-state index is 10.9. The first-order chi connectivity index (χ1) is 9.51. The molecular formula is C15H12N2O3. The Kier molecular flexibility index (Phi) is 3.67. The van der Waals surface area contributed by atoms with Crippen LogP contribution in [0.1, 0.15) is 16.7 Å². The van der Waals surface area contributed by atoms with Gasteiger partial charge in [-0.15, -0.1) is 0 Å². The third kappa shape index (κ3) is 2.75. The van der Waals surface area contributed by atoms with Gasteiger partial charge in [-0.1, -0.05) is 6.07 Å². The summed E-state index contributed by atoms with van der Waals surface area (Å²) in [5.74, 6) is 0.891. The molecule has 2 aromatic carbocycles. The number of nitro groups is 1. The quantitative estimate of drug-likeness (QED) is 0.625. The van der Waals surface area contributed by atoms with E-state index < -0.39 is 4.92 Å². The molecule has 0 aliphatic carbocycles. The van der Waals surface area contributed by atoms with Crippen LogP contribution in [0.5, 0.6) is 11.5 Å². The molecule has 0 amide bonds. The Labute approximate surface area is 116 Å². The number of benzene rings is 2. The van der Waals surface area contributed by atoms with Crippen molar-refractivity contribution in [3.8, 4) is 17.6 Å². The molecule has 100 valence electrons. The van der Waals surface area contributed by atoms with Crippen LogP contribution in [0.25, 0.3) is 0 Å². The fourth-order valence-electron chi connectivity index (χ4n) is 1.88. The zero-order chi connectivity index (χ0) is 14.7. The van der Waals surface area contributed by atoms with E-state index in [0.717, 1.165) is 5.56 Å². The van der Waals surface area contributed by atoms with Gasteiger partial charge in [0.2, 0.25) is 0 Å². The van der Waals surface area contributed by atoms with Crippen LogP contribution in [-0.4, -0.2) is 4.92 Å². The van der Waals surface area contributed by atoms with Crippen LogP contribution in [0.15, 0.2) is 36.4 Å². The van der Waals surface area contributed by atoms with Gasteiger partial charge in [0.1, 0.15) is 11.5 Å². The van der Waals surface area contributed by atoms with Crippen LogP contribution in [-0.2, 0) is 0 Å². The lowest BCUT2D eigenvalue weighted by atomic mass is 10.1. The van der Waals surface area contributed by atoms with E-state index in [2.05, 4.69) is 0 Å². The van der Waals surface area contributed by atoms with Crippen LogP contribution in [0, 0.1) is 35.3 Å². The van der Waals surface area contributed by atoms with Gasteiger partial charge in [-0.05, 0) is 43.7 Å². The van der Waals surface area contributed by atoms with Gasteiger partial charge in [-0.25, -0.2) is 0 Å². The molecule has 0 spiro atoms. The van der Waals surface area contributed by atoms with E-state index in [1.54, 1.807) is 37.3 Å². The van der Waals surface area contributed by atoms with E-state index in [0.29, 0.717) is 22.6 Å². The molecule has 0 fully saturated rings. The molecule has 0 bridgehead atoms. The van der Waals surface area contributed by atoms with Gasteiger partial charge in [0.05, 0.1) is 22.6 Å². The van der Waals surface area contributed by atoms with Crippen LogP contribution in [0.4, 0.5) is 5.69 Å². The number of aryl methyl sites for hydroxylation is 2. The third-order valence-electron chi connectivity index (χ3n) is 2.88. The van der Waals surface area contributed by atoms with E-state index in [4.69, 9.17) is 10.00 Å². The molecule has 2 aromatic rings. The van der Waals surface area contributed by atoms with E-state index >= 15 is 0 Å². The summed E-state index contributed by atoms with van der Waals surface area (Å²) in [6.07, 6.45) is 0. The van der Waals surface area contributed by atoms with Crippen molar-refractivity contribution < 1.29 is 9.66 Å². The molecule has 0 saturated heterocycles. The lowest BCUT2D eigenvalue weighted by Gasteiger charge is -2.10. The summed E-state index contributed by atoms with van der Waals surface area (Å²) in [6, 6.07) is 11.8. The maximum Gasteiger partial charge on any atom is 0.276 e. The van der Waals surface area contributed by atoms with E-state index in [1.807, 2.05) is 13.0 Å². The SMILES string of the molecule is Cc1cc(C)c([N+](=O)[O-])cc1Oc1cccc(C#N)c1. The van der Waals surface area contributed by atoms with Gasteiger partial charge in [0.15, 0.2) is 0 Å². The van der Waals surface area contributed by atoms with Crippen molar-refractivity contribution >= 4 is 5.69 Å². The summed E-state index contributed by atoms with van der Waals surface area (Å²) in [6.45, 7) is 3.51. The lowest BCUT2D eigenvalue weighted by molar-refractivity contribution is -0.385. The minimum Gasteiger partial charge on any atom is -0.457 e. The number of hydrogen-bond acceptors (Lipinski definition) is 4. The van der Waals surface area contributed by atoms with Gasteiger partial charge < -0.3 is 4.74 Å². The van der Waals surface area contributed by atoms with Crippen LogP contribution in [0.2, 0.25) is 0 Å². The number of nitro benzene ring substituents is 1. The average Bonchev–Trinajstić information content (AvgIpc) is 2.41. The Morgan fingerprint density at radius 3 is 2.60 bits per heavy atom. The predicted molar refractivity (Wildman–Crippen MR) is 73.8 cm³/mol. The number of nitriles is 1. The van der Waals surface area contributed by atoms with Gasteiger partial charge in [0, 0.05) is 5.56 Å². The van der Waals surface area contributed by atoms with Crippen molar-refractivity contribution in [2.45, 2.75) is 13.8 Å². The zero-order valence-electron chi connectivity index (χ0n) is 11.1. The second-order valence-electron chi connectivity index (χ2n) is 4.40. The highest BCUT2D eigenvalue weighted by atomic mass is 16.6. The zero-order valence-corrected chi connectivity index (χ0v) is 11.1. The number of rotatable bonds is 3. The highest BCUT2D eigenvalue weighted by Crippen LogP contribution is 2.31. The fraction of sp³-hybridized carbons (Fsp3) is 0.133. The van der Waals surface area contributed by atoms with Crippen molar-refractivity contribution in [2.24, 2.45) is 0 Å². The molecule has 0 saturated carbocycles. The van der Waals surface area contributed by atoms with Crippen molar-refractivity contribution in [1.29, 1.82) is 5.26 Å². The average molecular weight is 268 g/mol. The largest absolute Gasteiger partial charge is 0.457 e. The van der Waals surface area contributed by atoms with Crippen molar-refractivity contribution in [3.05, 3.63) is 63.2 Å². The van der Waals surface area contributed by atoms with E-state index in [9.17, 15) is 10.1 Å². The van der Waals surface area contributed by atoms with Crippen LogP contribution >= 0.6 is 0 Å². The molecule has 0 heterocycles. The third-order valence-corrected chi connectivity index (χ3v) is 2.88. The molecule has 2 rings (SSSR count). The van der Waals surface area contributed by atoms with Gasteiger partial charge in [0.25, 0.3) is 5.69 Å². The Bertz CT molecular complexity index is 718. The summed E-state index contributed by atoms with van der Waals surface area (Å²) in [4.78, 5) is 10.5. The highest BCUT2D eigenvalue weighted by molar-refractivity contribution is 5.51. The molecule has 5 nitrogen and oxygen atoms in total.